The number of hydrogen-bond acceptors (Lipinski definition) is 3. The number of hydrazone groups is 1. The monoisotopic (exact) mass is 450 g/mol. The lowest BCUT2D eigenvalue weighted by Crippen LogP contribution is -2.18. The van der Waals surface area contributed by atoms with Crippen LogP contribution in [0.2, 0.25) is 5.02 Å². The van der Waals surface area contributed by atoms with E-state index in [1.54, 1.807) is 16.8 Å². The molecule has 0 bridgehead atoms. The summed E-state index contributed by atoms with van der Waals surface area (Å²) in [6.45, 7) is 0. The Morgan fingerprint density at radius 1 is 0.848 bits per heavy atom. The van der Waals surface area contributed by atoms with Gasteiger partial charge in [0, 0.05) is 16.1 Å². The Kier molecular flexibility index (Phi) is 5.70. The molecule has 0 saturated heterocycles. The molecule has 0 aliphatic rings. The Morgan fingerprint density at radius 2 is 1.58 bits per heavy atom. The first-order valence-corrected chi connectivity index (χ1v) is 10.8. The van der Waals surface area contributed by atoms with Crippen LogP contribution in [0.25, 0.3) is 27.7 Å². The first-order valence-electron chi connectivity index (χ1n) is 10.4. The van der Waals surface area contributed by atoms with Gasteiger partial charge in [-0.05, 0) is 41.1 Å². The average Bonchev–Trinajstić information content (AvgIpc) is 3.31. The van der Waals surface area contributed by atoms with Gasteiger partial charge in [-0.2, -0.15) is 10.2 Å². The van der Waals surface area contributed by atoms with E-state index in [0.29, 0.717) is 10.6 Å². The molecule has 0 spiro atoms. The standard InChI is InChI=1S/C27H19ClN4O/c28-24-13-7-6-10-22(24)18-29-30-27(33)25-17-26(32(31-25)23-11-2-1-3-12-23)21-15-14-19-8-4-5-9-20(19)16-21/h1-18H,(H,30,33)/b29-18-. The molecule has 5 nitrogen and oxygen atoms in total. The number of hydrogen-bond donors (Lipinski definition) is 1. The molecule has 1 N–H and O–H groups in total. The van der Waals surface area contributed by atoms with Gasteiger partial charge in [0.2, 0.25) is 0 Å². The summed E-state index contributed by atoms with van der Waals surface area (Å²) in [6, 6.07) is 33.2. The molecule has 0 fully saturated rings. The van der Waals surface area contributed by atoms with Crippen molar-refractivity contribution < 1.29 is 4.79 Å². The minimum Gasteiger partial charge on any atom is -0.265 e. The van der Waals surface area contributed by atoms with Crippen LogP contribution in [0.1, 0.15) is 16.1 Å². The molecule has 4 aromatic carbocycles. The largest absolute Gasteiger partial charge is 0.291 e. The zero-order valence-corrected chi connectivity index (χ0v) is 18.3. The van der Waals surface area contributed by atoms with Gasteiger partial charge in [0.15, 0.2) is 5.69 Å². The van der Waals surface area contributed by atoms with Gasteiger partial charge in [-0.1, -0.05) is 84.4 Å². The second-order valence-electron chi connectivity index (χ2n) is 7.44. The first-order chi connectivity index (χ1) is 16.2. The highest BCUT2D eigenvalue weighted by Gasteiger charge is 2.17. The van der Waals surface area contributed by atoms with E-state index in [0.717, 1.165) is 27.7 Å². The number of aromatic nitrogens is 2. The van der Waals surface area contributed by atoms with Crippen LogP contribution in [0.15, 0.2) is 108 Å². The zero-order chi connectivity index (χ0) is 22.6. The minimum atomic E-state index is -0.407. The summed E-state index contributed by atoms with van der Waals surface area (Å²) in [5.41, 5.74) is 6.15. The lowest BCUT2D eigenvalue weighted by Gasteiger charge is -2.08. The Bertz CT molecular complexity index is 1470. The van der Waals surface area contributed by atoms with Crippen LogP contribution in [0, 0.1) is 0 Å². The SMILES string of the molecule is O=C(N/N=C\c1ccccc1Cl)c1cc(-c2ccc3ccccc3c2)n(-c2ccccc2)n1. The van der Waals surface area contributed by atoms with E-state index < -0.39 is 5.91 Å². The average molecular weight is 451 g/mol. The molecule has 0 saturated carbocycles. The third-order valence-electron chi connectivity index (χ3n) is 5.26. The molecule has 0 aliphatic carbocycles. The molecule has 160 valence electrons. The quantitative estimate of drug-likeness (QED) is 0.259. The Hall–Kier alpha value is -4.22. The van der Waals surface area contributed by atoms with Gasteiger partial charge in [0.05, 0.1) is 17.6 Å². The summed E-state index contributed by atoms with van der Waals surface area (Å²) in [5.74, 6) is -0.407. The smallest absolute Gasteiger partial charge is 0.265 e. The normalized spacial score (nSPS) is 11.2. The highest BCUT2D eigenvalue weighted by molar-refractivity contribution is 6.33. The van der Waals surface area contributed by atoms with Crippen LogP contribution in [0.5, 0.6) is 0 Å². The van der Waals surface area contributed by atoms with Gasteiger partial charge >= 0.3 is 0 Å². The number of nitrogens with zero attached hydrogens (tertiary/aromatic N) is 3. The molecule has 5 rings (SSSR count). The molecular formula is C27H19ClN4O. The van der Waals surface area contributed by atoms with Crippen LogP contribution in [-0.4, -0.2) is 21.9 Å². The van der Waals surface area contributed by atoms with Crippen LogP contribution >= 0.6 is 11.6 Å². The Morgan fingerprint density at radius 3 is 2.39 bits per heavy atom. The summed E-state index contributed by atoms with van der Waals surface area (Å²) in [6.07, 6.45) is 1.51. The molecular weight excluding hydrogens is 432 g/mol. The number of nitrogens with one attached hydrogen (secondary N) is 1. The lowest BCUT2D eigenvalue weighted by atomic mass is 10.0. The third-order valence-corrected chi connectivity index (χ3v) is 5.61. The van der Waals surface area contributed by atoms with Crippen molar-refractivity contribution in [1.82, 2.24) is 15.2 Å². The Labute approximate surface area is 196 Å². The molecule has 0 atom stereocenters. The number of para-hydroxylation sites is 1. The van der Waals surface area contributed by atoms with Gasteiger partial charge in [-0.3, -0.25) is 4.79 Å². The van der Waals surface area contributed by atoms with E-state index >= 15 is 0 Å². The predicted molar refractivity (Wildman–Crippen MR) is 133 cm³/mol. The number of amides is 1. The van der Waals surface area contributed by atoms with Crippen molar-refractivity contribution in [3.63, 3.8) is 0 Å². The number of rotatable bonds is 5. The minimum absolute atomic E-state index is 0.262. The second kappa shape index (κ2) is 9.10. The molecule has 0 aliphatic heterocycles. The molecule has 6 heteroatoms. The summed E-state index contributed by atoms with van der Waals surface area (Å²) >= 11 is 6.14. The summed E-state index contributed by atoms with van der Waals surface area (Å²) in [7, 11) is 0. The van der Waals surface area contributed by atoms with Crippen LogP contribution in [0.4, 0.5) is 0 Å². The maximum Gasteiger partial charge on any atom is 0.291 e. The molecule has 0 unspecified atom stereocenters. The van der Waals surface area contributed by atoms with Crippen molar-refractivity contribution >= 4 is 34.5 Å². The van der Waals surface area contributed by atoms with Gasteiger partial charge in [0.1, 0.15) is 0 Å². The fourth-order valence-electron chi connectivity index (χ4n) is 3.61. The number of fused-ring (bicyclic) bond motifs is 1. The maximum atomic E-state index is 12.8. The van der Waals surface area contributed by atoms with Gasteiger partial charge < -0.3 is 0 Å². The highest BCUT2D eigenvalue weighted by Crippen LogP contribution is 2.27. The fraction of sp³-hybridized carbons (Fsp3) is 0. The lowest BCUT2D eigenvalue weighted by molar-refractivity contribution is 0.0949. The van der Waals surface area contributed by atoms with E-state index in [2.05, 4.69) is 39.9 Å². The molecule has 33 heavy (non-hydrogen) atoms. The zero-order valence-electron chi connectivity index (χ0n) is 17.5. The second-order valence-corrected chi connectivity index (χ2v) is 7.85. The third kappa shape index (κ3) is 4.40. The summed E-state index contributed by atoms with van der Waals surface area (Å²) in [5, 5.41) is 11.5. The molecule has 0 radical (unpaired) electrons. The Balaban J connectivity index is 1.50. The number of halogens is 1. The van der Waals surface area contributed by atoms with Gasteiger partial charge in [-0.15, -0.1) is 0 Å². The molecule has 1 aromatic heterocycles. The van der Waals surface area contributed by atoms with Crippen molar-refractivity contribution in [3.8, 4) is 16.9 Å². The van der Waals surface area contributed by atoms with Crippen molar-refractivity contribution in [2.24, 2.45) is 5.10 Å². The van der Waals surface area contributed by atoms with Crippen molar-refractivity contribution in [1.29, 1.82) is 0 Å². The number of carbonyl (C=O) groups excluding carboxylic acids is 1. The molecule has 1 amide bonds. The van der Waals surface area contributed by atoms with Gasteiger partial charge in [-0.25, -0.2) is 10.1 Å². The highest BCUT2D eigenvalue weighted by atomic mass is 35.5. The maximum absolute atomic E-state index is 12.8. The first kappa shape index (κ1) is 20.7. The number of carbonyl (C=O) groups is 1. The van der Waals surface area contributed by atoms with Crippen LogP contribution < -0.4 is 5.43 Å². The van der Waals surface area contributed by atoms with Crippen molar-refractivity contribution in [2.45, 2.75) is 0 Å². The van der Waals surface area contributed by atoms with E-state index in [-0.39, 0.29) is 5.69 Å². The van der Waals surface area contributed by atoms with Gasteiger partial charge in [0.25, 0.3) is 5.91 Å². The van der Waals surface area contributed by atoms with E-state index in [4.69, 9.17) is 11.6 Å². The predicted octanol–water partition coefficient (Wildman–Crippen LogP) is 6.11. The summed E-state index contributed by atoms with van der Waals surface area (Å²) in [4.78, 5) is 12.8. The summed E-state index contributed by atoms with van der Waals surface area (Å²) < 4.78 is 1.77. The number of benzene rings is 4. The van der Waals surface area contributed by atoms with E-state index in [1.807, 2.05) is 66.7 Å². The molecule has 1 heterocycles. The van der Waals surface area contributed by atoms with Crippen LogP contribution in [0.3, 0.4) is 0 Å². The molecule has 5 aromatic rings. The fourth-order valence-corrected chi connectivity index (χ4v) is 3.79. The van der Waals surface area contributed by atoms with Crippen molar-refractivity contribution in [3.05, 3.63) is 119 Å². The van der Waals surface area contributed by atoms with E-state index in [1.165, 1.54) is 6.21 Å². The van der Waals surface area contributed by atoms with Crippen LogP contribution in [-0.2, 0) is 0 Å². The van der Waals surface area contributed by atoms with Crippen molar-refractivity contribution in [2.75, 3.05) is 0 Å². The van der Waals surface area contributed by atoms with E-state index in [9.17, 15) is 4.79 Å². The topological polar surface area (TPSA) is 59.3 Å².